The van der Waals surface area contributed by atoms with Gasteiger partial charge >= 0.3 is 0 Å². The van der Waals surface area contributed by atoms with Crippen LogP contribution in [-0.2, 0) is 0 Å². The maximum Gasteiger partial charge on any atom is 0.165 e. The number of benzene rings is 5. The molecule has 1 heterocycles. The van der Waals surface area contributed by atoms with Gasteiger partial charge in [-0.05, 0) is 40.5 Å². The van der Waals surface area contributed by atoms with Gasteiger partial charge in [0.1, 0.15) is 0 Å². The summed E-state index contributed by atoms with van der Waals surface area (Å²) in [6.45, 7) is 0. The lowest BCUT2D eigenvalue weighted by Crippen LogP contribution is -2.00. The van der Waals surface area contributed by atoms with Crippen LogP contribution in [0.25, 0.3) is 56.4 Å². The van der Waals surface area contributed by atoms with E-state index < -0.39 is 0 Å². The molecule has 3 nitrogen and oxygen atoms in total. The molecular formula is C33H22ClN3. The van der Waals surface area contributed by atoms with E-state index in [4.69, 9.17) is 26.6 Å². The molecule has 6 rings (SSSR count). The van der Waals surface area contributed by atoms with Crippen molar-refractivity contribution >= 4 is 11.6 Å². The minimum absolute atomic E-state index is 0.540. The van der Waals surface area contributed by atoms with Crippen molar-refractivity contribution in [1.82, 2.24) is 15.0 Å². The third-order valence-electron chi connectivity index (χ3n) is 6.21. The molecule has 0 radical (unpaired) electrons. The van der Waals surface area contributed by atoms with Gasteiger partial charge in [-0.3, -0.25) is 0 Å². The Bertz CT molecular complexity index is 1670. The Morgan fingerprint density at radius 2 is 0.811 bits per heavy atom. The van der Waals surface area contributed by atoms with E-state index in [-0.39, 0.29) is 0 Å². The summed E-state index contributed by atoms with van der Waals surface area (Å²) in [5, 5.41) is 0.593. The summed E-state index contributed by atoms with van der Waals surface area (Å²) in [5.41, 5.74) is 7.00. The SMILES string of the molecule is Clc1cc(-c2ccccc2)ccc1-c1nc(-c2ccccc2)nc(-c2cccc(-c3ccccc3)c2)n1. The van der Waals surface area contributed by atoms with Crippen LogP contribution in [0.2, 0.25) is 5.02 Å². The third kappa shape index (κ3) is 4.90. The monoisotopic (exact) mass is 495 g/mol. The second kappa shape index (κ2) is 10.2. The molecule has 0 bridgehead atoms. The highest BCUT2D eigenvalue weighted by Gasteiger charge is 2.15. The van der Waals surface area contributed by atoms with Gasteiger partial charge in [0.15, 0.2) is 17.5 Å². The molecule has 0 spiro atoms. The van der Waals surface area contributed by atoms with Crippen molar-refractivity contribution < 1.29 is 0 Å². The molecule has 0 atom stereocenters. The Balaban J connectivity index is 1.48. The van der Waals surface area contributed by atoms with Gasteiger partial charge in [0.2, 0.25) is 0 Å². The largest absolute Gasteiger partial charge is 0.208 e. The maximum absolute atomic E-state index is 6.82. The summed E-state index contributed by atoms with van der Waals surface area (Å²) in [7, 11) is 0. The first-order chi connectivity index (χ1) is 18.2. The summed E-state index contributed by atoms with van der Waals surface area (Å²) < 4.78 is 0. The van der Waals surface area contributed by atoms with E-state index in [1.165, 1.54) is 0 Å². The third-order valence-corrected chi connectivity index (χ3v) is 6.53. The minimum Gasteiger partial charge on any atom is -0.208 e. The molecule has 0 amide bonds. The molecule has 0 aliphatic rings. The van der Waals surface area contributed by atoms with Gasteiger partial charge in [0.25, 0.3) is 0 Å². The predicted octanol–water partition coefficient (Wildman–Crippen LogP) is 8.86. The van der Waals surface area contributed by atoms with Crippen molar-refractivity contribution in [2.75, 3.05) is 0 Å². The van der Waals surface area contributed by atoms with Gasteiger partial charge in [-0.25, -0.2) is 15.0 Å². The van der Waals surface area contributed by atoms with Crippen molar-refractivity contribution in [3.05, 3.63) is 138 Å². The Morgan fingerprint density at radius 3 is 1.41 bits per heavy atom. The predicted molar refractivity (Wildman–Crippen MR) is 152 cm³/mol. The average Bonchev–Trinajstić information content (AvgIpc) is 2.98. The fourth-order valence-electron chi connectivity index (χ4n) is 4.32. The zero-order valence-electron chi connectivity index (χ0n) is 19.9. The smallest absolute Gasteiger partial charge is 0.165 e. The molecule has 0 fully saturated rings. The van der Waals surface area contributed by atoms with Crippen LogP contribution in [0, 0.1) is 0 Å². The van der Waals surface area contributed by atoms with E-state index in [0.29, 0.717) is 22.5 Å². The second-order valence-corrected chi connectivity index (χ2v) is 9.09. The normalized spacial score (nSPS) is 10.8. The highest BCUT2D eigenvalue weighted by Crippen LogP contribution is 2.33. The van der Waals surface area contributed by atoms with Crippen molar-refractivity contribution in [1.29, 1.82) is 0 Å². The Hall–Kier alpha value is -4.60. The first-order valence-corrected chi connectivity index (χ1v) is 12.5. The molecule has 0 N–H and O–H groups in total. The summed E-state index contributed by atoms with van der Waals surface area (Å²) in [5.74, 6) is 1.75. The van der Waals surface area contributed by atoms with Crippen LogP contribution in [0.5, 0.6) is 0 Å². The van der Waals surface area contributed by atoms with Crippen molar-refractivity contribution in [2.45, 2.75) is 0 Å². The lowest BCUT2D eigenvalue weighted by Gasteiger charge is -2.11. The van der Waals surface area contributed by atoms with E-state index >= 15 is 0 Å². The Labute approximate surface area is 221 Å². The topological polar surface area (TPSA) is 38.7 Å². The lowest BCUT2D eigenvalue weighted by atomic mass is 10.0. The molecule has 0 saturated carbocycles. The molecule has 6 aromatic rings. The quantitative estimate of drug-likeness (QED) is 0.240. The Morgan fingerprint density at radius 1 is 0.351 bits per heavy atom. The van der Waals surface area contributed by atoms with Crippen molar-refractivity contribution in [2.24, 2.45) is 0 Å². The van der Waals surface area contributed by atoms with Crippen LogP contribution in [-0.4, -0.2) is 15.0 Å². The Kier molecular flexibility index (Phi) is 6.28. The van der Waals surface area contributed by atoms with Gasteiger partial charge in [-0.1, -0.05) is 127 Å². The first-order valence-electron chi connectivity index (χ1n) is 12.1. The number of aromatic nitrogens is 3. The summed E-state index contributed by atoms with van der Waals surface area (Å²) in [6, 6.07) is 44.7. The molecule has 0 aliphatic heterocycles. The summed E-state index contributed by atoms with van der Waals surface area (Å²) in [4.78, 5) is 14.6. The van der Waals surface area contributed by atoms with Crippen LogP contribution in [0.15, 0.2) is 133 Å². The van der Waals surface area contributed by atoms with Crippen molar-refractivity contribution in [3.8, 4) is 56.4 Å². The molecule has 5 aromatic carbocycles. The zero-order valence-corrected chi connectivity index (χ0v) is 20.7. The number of hydrogen-bond donors (Lipinski definition) is 0. The minimum atomic E-state index is 0.540. The molecule has 1 aromatic heterocycles. The van der Waals surface area contributed by atoms with Crippen LogP contribution in [0.1, 0.15) is 0 Å². The molecule has 4 heteroatoms. The molecule has 176 valence electrons. The molecular weight excluding hydrogens is 474 g/mol. The average molecular weight is 496 g/mol. The molecule has 0 unspecified atom stereocenters. The van der Waals surface area contributed by atoms with Crippen LogP contribution in [0.3, 0.4) is 0 Å². The van der Waals surface area contributed by atoms with E-state index in [9.17, 15) is 0 Å². The number of rotatable bonds is 5. The van der Waals surface area contributed by atoms with Crippen LogP contribution < -0.4 is 0 Å². The fourth-order valence-corrected chi connectivity index (χ4v) is 4.58. The van der Waals surface area contributed by atoms with Gasteiger partial charge in [0.05, 0.1) is 5.02 Å². The van der Waals surface area contributed by atoms with Gasteiger partial charge in [-0.2, -0.15) is 0 Å². The van der Waals surface area contributed by atoms with Crippen LogP contribution in [0.4, 0.5) is 0 Å². The number of hydrogen-bond acceptors (Lipinski definition) is 3. The maximum atomic E-state index is 6.82. The lowest BCUT2D eigenvalue weighted by molar-refractivity contribution is 1.07. The fraction of sp³-hybridized carbons (Fsp3) is 0. The number of nitrogens with zero attached hydrogens (tertiary/aromatic N) is 3. The van der Waals surface area contributed by atoms with Crippen molar-refractivity contribution in [3.63, 3.8) is 0 Å². The molecule has 37 heavy (non-hydrogen) atoms. The van der Waals surface area contributed by atoms with E-state index in [1.54, 1.807) is 0 Å². The van der Waals surface area contributed by atoms with Gasteiger partial charge in [-0.15, -0.1) is 0 Å². The van der Waals surface area contributed by atoms with E-state index in [2.05, 4.69) is 42.5 Å². The van der Waals surface area contributed by atoms with Gasteiger partial charge < -0.3 is 0 Å². The molecule has 0 saturated heterocycles. The second-order valence-electron chi connectivity index (χ2n) is 8.68. The zero-order chi connectivity index (χ0) is 25.0. The van der Waals surface area contributed by atoms with Crippen LogP contribution >= 0.6 is 11.6 Å². The standard InChI is InChI=1S/C33H22ClN3/c34-30-22-27(24-13-6-2-7-14-24)19-20-29(30)33-36-31(25-15-8-3-9-16-25)35-32(37-33)28-18-10-17-26(21-28)23-11-4-1-5-12-23/h1-22H. The van der Waals surface area contributed by atoms with Gasteiger partial charge in [0, 0.05) is 16.7 Å². The van der Waals surface area contributed by atoms with E-state index in [1.807, 2.05) is 91.0 Å². The summed E-state index contributed by atoms with van der Waals surface area (Å²) in [6.07, 6.45) is 0. The van der Waals surface area contributed by atoms with E-state index in [0.717, 1.165) is 38.9 Å². The molecule has 0 aliphatic carbocycles. The first kappa shape index (κ1) is 22.8. The highest BCUT2D eigenvalue weighted by atomic mass is 35.5. The summed E-state index contributed by atoms with van der Waals surface area (Å²) >= 11 is 6.82. The highest BCUT2D eigenvalue weighted by molar-refractivity contribution is 6.33. The number of halogens is 1.